The molecule has 0 N–H and O–H groups in total. The first kappa shape index (κ1) is 12.3. The summed E-state index contributed by atoms with van der Waals surface area (Å²) >= 11 is 12.8. The van der Waals surface area contributed by atoms with Crippen molar-refractivity contribution in [1.29, 1.82) is 0 Å². The van der Waals surface area contributed by atoms with Crippen molar-refractivity contribution in [1.82, 2.24) is 0 Å². The van der Waals surface area contributed by atoms with E-state index in [4.69, 9.17) is 16.3 Å². The number of hydrogen-bond acceptors (Lipinski definition) is 1. The van der Waals surface area contributed by atoms with Gasteiger partial charge in [0.15, 0.2) is 0 Å². The molecule has 0 unspecified atom stereocenters. The highest BCUT2D eigenvalue weighted by molar-refractivity contribution is 9.11. The van der Waals surface area contributed by atoms with Crippen molar-refractivity contribution in [2.75, 3.05) is 6.61 Å². The summed E-state index contributed by atoms with van der Waals surface area (Å²) in [5.41, 5.74) is 0. The molecule has 1 aromatic carbocycles. The molecule has 0 bridgehead atoms. The van der Waals surface area contributed by atoms with E-state index in [9.17, 15) is 0 Å². The van der Waals surface area contributed by atoms with E-state index in [2.05, 4.69) is 45.7 Å². The van der Waals surface area contributed by atoms with E-state index in [1.54, 1.807) is 0 Å². The highest BCUT2D eigenvalue weighted by atomic mass is 79.9. The lowest BCUT2D eigenvalue weighted by Gasteiger charge is -2.11. The maximum Gasteiger partial charge on any atom is 0.135 e. The van der Waals surface area contributed by atoms with Gasteiger partial charge in [0.2, 0.25) is 0 Å². The van der Waals surface area contributed by atoms with Gasteiger partial charge >= 0.3 is 0 Å². The smallest absolute Gasteiger partial charge is 0.135 e. The Balaban J connectivity index is 2.83. The normalized spacial score (nSPS) is 10.7. The third kappa shape index (κ3) is 3.14. The maximum atomic E-state index is 6.02. The Bertz CT molecular complexity index is 326. The van der Waals surface area contributed by atoms with Gasteiger partial charge in [0.05, 0.1) is 16.1 Å². The molecule has 1 aromatic rings. The molecule has 0 aliphatic heterocycles. The molecule has 0 heterocycles. The molecular weight excluding hydrogens is 331 g/mol. The van der Waals surface area contributed by atoms with E-state index < -0.39 is 0 Å². The van der Waals surface area contributed by atoms with Gasteiger partial charge in [-0.2, -0.15) is 0 Å². The number of hydrogen-bond donors (Lipinski definition) is 0. The molecule has 0 aliphatic rings. The van der Waals surface area contributed by atoms with Crippen LogP contribution in [0.15, 0.2) is 21.1 Å². The van der Waals surface area contributed by atoms with Crippen LogP contribution < -0.4 is 4.74 Å². The van der Waals surface area contributed by atoms with Crippen molar-refractivity contribution in [2.24, 2.45) is 5.92 Å². The molecule has 1 nitrogen and oxygen atoms in total. The zero-order valence-electron chi connectivity index (χ0n) is 7.98. The van der Waals surface area contributed by atoms with Crippen LogP contribution in [0.1, 0.15) is 13.8 Å². The van der Waals surface area contributed by atoms with Gasteiger partial charge in [-0.05, 0) is 49.9 Å². The Hall–Kier alpha value is 0.270. The first-order chi connectivity index (χ1) is 6.52. The fourth-order valence-corrected chi connectivity index (χ4v) is 2.09. The van der Waals surface area contributed by atoms with Crippen molar-refractivity contribution < 1.29 is 4.74 Å². The van der Waals surface area contributed by atoms with E-state index in [1.807, 2.05) is 12.1 Å². The number of rotatable bonds is 3. The Morgan fingerprint density at radius 2 is 2.00 bits per heavy atom. The molecule has 0 amide bonds. The SMILES string of the molecule is CC(C)COc1ccc(Br)c(Cl)c1Br. The molecule has 0 radical (unpaired) electrons. The Morgan fingerprint density at radius 3 is 2.57 bits per heavy atom. The van der Waals surface area contributed by atoms with Gasteiger partial charge in [-0.1, -0.05) is 25.4 Å². The Morgan fingerprint density at radius 1 is 1.36 bits per heavy atom. The third-order valence-electron chi connectivity index (χ3n) is 1.57. The monoisotopic (exact) mass is 340 g/mol. The predicted molar refractivity (Wildman–Crippen MR) is 67.2 cm³/mol. The van der Waals surface area contributed by atoms with E-state index >= 15 is 0 Å². The summed E-state index contributed by atoms with van der Waals surface area (Å²) in [6.07, 6.45) is 0. The average molecular weight is 342 g/mol. The number of benzene rings is 1. The fourth-order valence-electron chi connectivity index (χ4n) is 0.876. The van der Waals surface area contributed by atoms with E-state index in [0.717, 1.165) is 14.7 Å². The molecule has 0 atom stereocenters. The lowest BCUT2D eigenvalue weighted by Crippen LogP contribution is -2.04. The quantitative estimate of drug-likeness (QED) is 0.710. The molecule has 78 valence electrons. The third-order valence-corrected chi connectivity index (χ3v) is 3.87. The summed E-state index contributed by atoms with van der Waals surface area (Å²) in [5.74, 6) is 1.29. The second-order valence-electron chi connectivity index (χ2n) is 3.38. The standard InChI is InChI=1S/C10H11Br2ClO/c1-6(2)5-14-8-4-3-7(11)10(13)9(8)12/h3-4,6H,5H2,1-2H3. The second kappa shape index (κ2) is 5.38. The van der Waals surface area contributed by atoms with Crippen molar-refractivity contribution >= 4 is 43.5 Å². The highest BCUT2D eigenvalue weighted by Gasteiger charge is 2.09. The molecule has 0 aliphatic carbocycles. The summed E-state index contributed by atoms with van der Waals surface area (Å²) in [5, 5.41) is 0.645. The van der Waals surface area contributed by atoms with Crippen LogP contribution in [-0.4, -0.2) is 6.61 Å². The van der Waals surface area contributed by atoms with E-state index in [-0.39, 0.29) is 0 Å². The zero-order chi connectivity index (χ0) is 10.7. The van der Waals surface area contributed by atoms with Crippen molar-refractivity contribution in [3.63, 3.8) is 0 Å². The molecule has 0 fully saturated rings. The first-order valence-electron chi connectivity index (χ1n) is 4.28. The van der Waals surface area contributed by atoms with Crippen LogP contribution >= 0.6 is 43.5 Å². The van der Waals surface area contributed by atoms with E-state index in [0.29, 0.717) is 17.5 Å². The minimum Gasteiger partial charge on any atom is -0.492 e. The van der Waals surface area contributed by atoms with Gasteiger partial charge in [0.1, 0.15) is 5.75 Å². The molecule has 0 saturated carbocycles. The zero-order valence-corrected chi connectivity index (χ0v) is 11.9. The molecule has 0 saturated heterocycles. The van der Waals surface area contributed by atoms with E-state index in [1.165, 1.54) is 0 Å². The van der Waals surface area contributed by atoms with Crippen molar-refractivity contribution in [2.45, 2.75) is 13.8 Å². The lowest BCUT2D eigenvalue weighted by molar-refractivity contribution is 0.269. The first-order valence-corrected chi connectivity index (χ1v) is 6.25. The topological polar surface area (TPSA) is 9.23 Å². The summed E-state index contributed by atoms with van der Waals surface area (Å²) < 4.78 is 7.25. The summed E-state index contributed by atoms with van der Waals surface area (Å²) in [7, 11) is 0. The van der Waals surface area contributed by atoms with Gasteiger partial charge in [0, 0.05) is 4.47 Å². The van der Waals surface area contributed by atoms with Crippen molar-refractivity contribution in [3.8, 4) is 5.75 Å². The fraction of sp³-hybridized carbons (Fsp3) is 0.400. The summed E-state index contributed by atoms with van der Waals surface area (Å²) in [4.78, 5) is 0. The van der Waals surface area contributed by atoms with Gasteiger partial charge in [0.25, 0.3) is 0 Å². The number of ether oxygens (including phenoxy) is 1. The molecule has 0 aromatic heterocycles. The van der Waals surface area contributed by atoms with Crippen molar-refractivity contribution in [3.05, 3.63) is 26.1 Å². The maximum absolute atomic E-state index is 6.02. The molecule has 14 heavy (non-hydrogen) atoms. The van der Waals surface area contributed by atoms with Crippen LogP contribution in [-0.2, 0) is 0 Å². The summed E-state index contributed by atoms with van der Waals surface area (Å²) in [6.45, 7) is 4.90. The average Bonchev–Trinajstić information content (AvgIpc) is 2.13. The second-order valence-corrected chi connectivity index (χ2v) is 5.40. The molecule has 4 heteroatoms. The largest absolute Gasteiger partial charge is 0.492 e. The van der Waals surface area contributed by atoms with Gasteiger partial charge in [-0.25, -0.2) is 0 Å². The van der Waals surface area contributed by atoms with Crippen LogP contribution in [0.25, 0.3) is 0 Å². The highest BCUT2D eigenvalue weighted by Crippen LogP contribution is 2.37. The summed E-state index contributed by atoms with van der Waals surface area (Å²) in [6, 6.07) is 3.77. The Labute approximate surface area is 106 Å². The minimum absolute atomic E-state index is 0.504. The van der Waals surface area contributed by atoms with Gasteiger partial charge in [-0.15, -0.1) is 0 Å². The van der Waals surface area contributed by atoms with Crippen LogP contribution in [0.5, 0.6) is 5.75 Å². The Kier molecular flexibility index (Phi) is 4.74. The van der Waals surface area contributed by atoms with Gasteiger partial charge in [-0.3, -0.25) is 0 Å². The van der Waals surface area contributed by atoms with Crippen LogP contribution in [0, 0.1) is 5.92 Å². The van der Waals surface area contributed by atoms with Crippen LogP contribution in [0.4, 0.5) is 0 Å². The molecule has 1 rings (SSSR count). The van der Waals surface area contributed by atoms with Crippen LogP contribution in [0.3, 0.4) is 0 Å². The lowest BCUT2D eigenvalue weighted by atomic mass is 10.2. The van der Waals surface area contributed by atoms with Gasteiger partial charge < -0.3 is 4.74 Å². The predicted octanol–water partition coefficient (Wildman–Crippen LogP) is 4.90. The minimum atomic E-state index is 0.504. The number of halogens is 3. The van der Waals surface area contributed by atoms with Crippen LogP contribution in [0.2, 0.25) is 5.02 Å². The molecule has 0 spiro atoms. The molecular formula is C10H11Br2ClO.